The predicted molar refractivity (Wildman–Crippen MR) is 82.1 cm³/mol. The molecule has 8 heteroatoms. The zero-order valence-electron chi connectivity index (χ0n) is 13.2. The highest BCUT2D eigenvalue weighted by atomic mass is 32.2. The number of amides is 1. The van der Waals surface area contributed by atoms with Gasteiger partial charge in [0.1, 0.15) is 5.76 Å². The standard InChI is InChI=1S/C15H21F3N2O2S/c1-9-13(10(2)22-20-9)7-23-8-14(21)19-12-5-3-4-11(6-12)15(16,17)18/h11-12H,3-8H2,1-2H3,(H,19,21). The van der Waals surface area contributed by atoms with E-state index in [1.165, 1.54) is 11.8 Å². The molecule has 130 valence electrons. The number of halogens is 3. The lowest BCUT2D eigenvalue weighted by Crippen LogP contribution is -2.42. The van der Waals surface area contributed by atoms with Crippen LogP contribution < -0.4 is 5.32 Å². The van der Waals surface area contributed by atoms with E-state index in [4.69, 9.17) is 4.52 Å². The van der Waals surface area contributed by atoms with Crippen molar-refractivity contribution in [2.24, 2.45) is 5.92 Å². The van der Waals surface area contributed by atoms with Gasteiger partial charge in [0.25, 0.3) is 0 Å². The minimum atomic E-state index is -4.17. The lowest BCUT2D eigenvalue weighted by molar-refractivity contribution is -0.184. The first-order valence-electron chi connectivity index (χ1n) is 7.63. The largest absolute Gasteiger partial charge is 0.391 e. The van der Waals surface area contributed by atoms with Crippen molar-refractivity contribution in [2.45, 2.75) is 57.5 Å². The number of nitrogens with zero attached hydrogens (tertiary/aromatic N) is 1. The molecule has 2 unspecified atom stereocenters. The molecule has 0 aromatic carbocycles. The van der Waals surface area contributed by atoms with Crippen molar-refractivity contribution in [3.8, 4) is 0 Å². The highest BCUT2D eigenvalue weighted by Gasteiger charge is 2.42. The maximum Gasteiger partial charge on any atom is 0.391 e. The molecule has 0 aliphatic heterocycles. The summed E-state index contributed by atoms with van der Waals surface area (Å²) in [5.41, 5.74) is 1.77. The smallest absolute Gasteiger partial charge is 0.361 e. The summed E-state index contributed by atoms with van der Waals surface area (Å²) in [6, 6.07) is -0.373. The van der Waals surface area contributed by atoms with Gasteiger partial charge in [-0.1, -0.05) is 11.6 Å². The number of alkyl halides is 3. The van der Waals surface area contributed by atoms with Crippen molar-refractivity contribution < 1.29 is 22.5 Å². The third-order valence-electron chi connectivity index (χ3n) is 4.16. The van der Waals surface area contributed by atoms with E-state index >= 15 is 0 Å². The van der Waals surface area contributed by atoms with Gasteiger partial charge in [-0.2, -0.15) is 13.2 Å². The minimum Gasteiger partial charge on any atom is -0.361 e. The third-order valence-corrected chi connectivity index (χ3v) is 5.12. The van der Waals surface area contributed by atoms with Crippen molar-refractivity contribution in [3.05, 3.63) is 17.0 Å². The quantitative estimate of drug-likeness (QED) is 0.878. The Hall–Kier alpha value is -1.18. The molecule has 1 aliphatic rings. The fourth-order valence-corrected chi connectivity index (χ4v) is 3.83. The summed E-state index contributed by atoms with van der Waals surface area (Å²) in [5, 5.41) is 6.57. The number of aromatic nitrogens is 1. The Morgan fingerprint density at radius 2 is 2.13 bits per heavy atom. The van der Waals surface area contributed by atoms with E-state index in [9.17, 15) is 18.0 Å². The molecule has 4 nitrogen and oxygen atoms in total. The van der Waals surface area contributed by atoms with Gasteiger partial charge in [-0.15, -0.1) is 11.8 Å². The predicted octanol–water partition coefficient (Wildman–Crippen LogP) is 3.76. The van der Waals surface area contributed by atoms with Gasteiger partial charge in [0.2, 0.25) is 5.91 Å². The minimum absolute atomic E-state index is 0.0101. The highest BCUT2D eigenvalue weighted by Crippen LogP contribution is 2.37. The van der Waals surface area contributed by atoms with Gasteiger partial charge >= 0.3 is 6.18 Å². The van der Waals surface area contributed by atoms with Crippen molar-refractivity contribution in [3.63, 3.8) is 0 Å². The van der Waals surface area contributed by atoms with Crippen molar-refractivity contribution in [2.75, 3.05) is 5.75 Å². The molecular weight excluding hydrogens is 329 g/mol. The van der Waals surface area contributed by atoms with Gasteiger partial charge in [0.05, 0.1) is 17.4 Å². The van der Waals surface area contributed by atoms with Crippen molar-refractivity contribution in [1.82, 2.24) is 10.5 Å². The fraction of sp³-hybridized carbons (Fsp3) is 0.733. The Balaban J connectivity index is 1.74. The molecule has 1 fully saturated rings. The summed E-state index contributed by atoms with van der Waals surface area (Å²) in [6.45, 7) is 3.65. The first-order chi connectivity index (χ1) is 10.8. The normalized spacial score (nSPS) is 22.1. The highest BCUT2D eigenvalue weighted by molar-refractivity contribution is 7.99. The molecule has 1 saturated carbocycles. The maximum absolute atomic E-state index is 12.8. The van der Waals surface area contributed by atoms with Crippen LogP contribution in [0.25, 0.3) is 0 Å². The Morgan fingerprint density at radius 1 is 1.39 bits per heavy atom. The second-order valence-corrected chi connectivity index (χ2v) is 6.95. The molecule has 1 aromatic heterocycles. The number of aryl methyl sites for hydroxylation is 2. The van der Waals surface area contributed by atoms with Gasteiger partial charge in [0.15, 0.2) is 0 Å². The van der Waals surface area contributed by atoms with Crippen LogP contribution in [0, 0.1) is 19.8 Å². The first-order valence-corrected chi connectivity index (χ1v) is 8.78. The number of hydrogen-bond acceptors (Lipinski definition) is 4. The molecule has 0 bridgehead atoms. The summed E-state index contributed by atoms with van der Waals surface area (Å²) in [5.74, 6) is 0.0450. The number of thioether (sulfide) groups is 1. The van der Waals surface area contributed by atoms with Crippen LogP contribution >= 0.6 is 11.8 Å². The van der Waals surface area contributed by atoms with Crippen molar-refractivity contribution in [1.29, 1.82) is 0 Å². The van der Waals surface area contributed by atoms with Crippen LogP contribution in [0.3, 0.4) is 0 Å². The van der Waals surface area contributed by atoms with Crippen LogP contribution in [0.1, 0.15) is 42.7 Å². The van der Waals surface area contributed by atoms with Crippen LogP contribution in [0.15, 0.2) is 4.52 Å². The number of carbonyl (C=O) groups is 1. The number of rotatable bonds is 5. The molecule has 23 heavy (non-hydrogen) atoms. The lowest BCUT2D eigenvalue weighted by atomic mass is 9.85. The molecule has 2 atom stereocenters. The topological polar surface area (TPSA) is 55.1 Å². The van der Waals surface area contributed by atoms with Crippen LogP contribution in [0.4, 0.5) is 13.2 Å². The Kier molecular flexibility index (Phi) is 6.00. The van der Waals surface area contributed by atoms with Gasteiger partial charge in [-0.05, 0) is 33.1 Å². The van der Waals surface area contributed by atoms with Crippen LogP contribution in [-0.4, -0.2) is 29.0 Å². The van der Waals surface area contributed by atoms with E-state index in [-0.39, 0.29) is 30.5 Å². The summed E-state index contributed by atoms with van der Waals surface area (Å²) >= 11 is 1.41. The average molecular weight is 350 g/mol. The summed E-state index contributed by atoms with van der Waals surface area (Å²) in [4.78, 5) is 11.9. The summed E-state index contributed by atoms with van der Waals surface area (Å²) < 4.78 is 43.3. The SMILES string of the molecule is Cc1noc(C)c1CSCC(=O)NC1CCCC(C(F)(F)F)C1. The van der Waals surface area contributed by atoms with Crippen LogP contribution in [0.2, 0.25) is 0 Å². The fourth-order valence-electron chi connectivity index (χ4n) is 2.84. The van der Waals surface area contributed by atoms with E-state index in [1.54, 1.807) is 0 Å². The zero-order valence-corrected chi connectivity index (χ0v) is 14.0. The number of nitrogens with one attached hydrogen (secondary N) is 1. The molecular formula is C15H21F3N2O2S. The Morgan fingerprint density at radius 3 is 2.74 bits per heavy atom. The van der Waals surface area contributed by atoms with E-state index in [0.29, 0.717) is 18.6 Å². The summed E-state index contributed by atoms with van der Waals surface area (Å²) in [7, 11) is 0. The second kappa shape index (κ2) is 7.59. The molecule has 0 spiro atoms. The van der Waals surface area contributed by atoms with E-state index < -0.39 is 12.1 Å². The maximum atomic E-state index is 12.8. The van der Waals surface area contributed by atoms with Crippen LogP contribution in [-0.2, 0) is 10.5 Å². The van der Waals surface area contributed by atoms with Gasteiger partial charge in [0, 0.05) is 17.4 Å². The zero-order chi connectivity index (χ0) is 17.0. The van der Waals surface area contributed by atoms with Gasteiger partial charge in [-0.25, -0.2) is 0 Å². The molecule has 1 N–H and O–H groups in total. The third kappa shape index (κ3) is 5.16. The summed E-state index contributed by atoms with van der Waals surface area (Å²) in [6.07, 6.45) is -2.89. The molecule has 1 aliphatic carbocycles. The molecule has 1 heterocycles. The molecule has 0 radical (unpaired) electrons. The monoisotopic (exact) mass is 350 g/mol. The van der Waals surface area contributed by atoms with E-state index in [0.717, 1.165) is 17.0 Å². The Bertz CT molecular complexity index is 526. The van der Waals surface area contributed by atoms with E-state index in [2.05, 4.69) is 10.5 Å². The van der Waals surface area contributed by atoms with E-state index in [1.807, 2.05) is 13.8 Å². The van der Waals surface area contributed by atoms with Crippen molar-refractivity contribution >= 4 is 17.7 Å². The van der Waals surface area contributed by atoms with Gasteiger partial charge in [-0.3, -0.25) is 4.79 Å². The Labute approximate surface area is 137 Å². The second-order valence-electron chi connectivity index (χ2n) is 5.97. The molecule has 0 saturated heterocycles. The van der Waals surface area contributed by atoms with Gasteiger partial charge < -0.3 is 9.84 Å². The van der Waals surface area contributed by atoms with Crippen LogP contribution in [0.5, 0.6) is 0 Å². The molecule has 1 aromatic rings. The number of carbonyl (C=O) groups excluding carboxylic acids is 1. The average Bonchev–Trinajstić information content (AvgIpc) is 2.78. The lowest BCUT2D eigenvalue weighted by Gasteiger charge is -2.31. The first kappa shape index (κ1) is 18.2. The molecule has 1 amide bonds. The number of hydrogen-bond donors (Lipinski definition) is 1. The molecule has 2 rings (SSSR count).